The quantitative estimate of drug-likeness (QED) is 0.907. The summed E-state index contributed by atoms with van der Waals surface area (Å²) < 4.78 is 27.2. The molecule has 1 aliphatic carbocycles. The number of hydrogen-bond donors (Lipinski definition) is 1. The number of piperidine rings is 1. The number of nitrogens with zero attached hydrogens (tertiary/aromatic N) is 2. The lowest BCUT2D eigenvalue weighted by atomic mass is 9.85. The van der Waals surface area contributed by atoms with Gasteiger partial charge in [-0.15, -0.1) is 0 Å². The molecule has 1 N–H and O–H groups in total. The van der Waals surface area contributed by atoms with Gasteiger partial charge in [0.2, 0.25) is 10.0 Å². The van der Waals surface area contributed by atoms with Crippen LogP contribution >= 0.6 is 0 Å². The van der Waals surface area contributed by atoms with Crippen LogP contribution in [0.3, 0.4) is 0 Å². The summed E-state index contributed by atoms with van der Waals surface area (Å²) in [5.41, 5.74) is 0. The minimum Gasteiger partial charge on any atom is -0.369 e. The van der Waals surface area contributed by atoms with Crippen LogP contribution in [0.15, 0.2) is 23.2 Å². The van der Waals surface area contributed by atoms with Gasteiger partial charge in [-0.3, -0.25) is 0 Å². The number of nitrogens with one attached hydrogen (secondary N) is 1. The van der Waals surface area contributed by atoms with E-state index in [4.69, 9.17) is 0 Å². The third-order valence-electron chi connectivity index (χ3n) is 4.49. The van der Waals surface area contributed by atoms with E-state index in [2.05, 4.69) is 10.3 Å². The Morgan fingerprint density at radius 2 is 1.95 bits per heavy atom. The van der Waals surface area contributed by atoms with Crippen LogP contribution in [0.5, 0.6) is 0 Å². The van der Waals surface area contributed by atoms with Gasteiger partial charge in [0.25, 0.3) is 0 Å². The van der Waals surface area contributed by atoms with E-state index in [-0.39, 0.29) is 0 Å². The molecule has 1 aliphatic heterocycles. The third kappa shape index (κ3) is 3.21. The van der Waals surface area contributed by atoms with Gasteiger partial charge in [-0.2, -0.15) is 4.31 Å². The van der Waals surface area contributed by atoms with Gasteiger partial charge >= 0.3 is 0 Å². The van der Waals surface area contributed by atoms with Crippen LogP contribution in [0.4, 0.5) is 5.82 Å². The van der Waals surface area contributed by atoms with Crippen molar-refractivity contribution in [3.8, 4) is 0 Å². The van der Waals surface area contributed by atoms with Crippen molar-refractivity contribution in [2.24, 2.45) is 5.92 Å². The summed E-state index contributed by atoms with van der Waals surface area (Å²) in [6, 6.07) is 3.37. The third-order valence-corrected chi connectivity index (χ3v) is 6.42. The fourth-order valence-electron chi connectivity index (χ4n) is 2.91. The van der Waals surface area contributed by atoms with Crippen molar-refractivity contribution in [2.45, 2.75) is 43.4 Å². The number of sulfonamides is 1. The monoisotopic (exact) mass is 309 g/mol. The van der Waals surface area contributed by atoms with E-state index in [0.29, 0.717) is 29.7 Å². The highest BCUT2D eigenvalue weighted by molar-refractivity contribution is 7.89. The van der Waals surface area contributed by atoms with Crippen molar-refractivity contribution in [3.05, 3.63) is 18.3 Å². The molecular weight excluding hydrogens is 286 g/mol. The number of anilines is 1. The van der Waals surface area contributed by atoms with Gasteiger partial charge in [-0.25, -0.2) is 13.4 Å². The zero-order valence-electron chi connectivity index (χ0n) is 12.3. The molecule has 0 aromatic carbocycles. The smallest absolute Gasteiger partial charge is 0.246 e. The standard InChI is InChI=1S/C15H23N3O2S/c19-21(20,18-10-2-1-3-11-18)14-8-5-9-16-15(14)17-12-13-6-4-7-13/h5,8-9,13H,1-4,6-7,10-12H2,(H,16,17). The summed E-state index contributed by atoms with van der Waals surface area (Å²) in [6.45, 7) is 2.07. The van der Waals surface area contributed by atoms with E-state index >= 15 is 0 Å². The molecule has 1 aromatic heterocycles. The number of pyridine rings is 1. The first-order chi connectivity index (χ1) is 10.2. The van der Waals surface area contributed by atoms with Crippen LogP contribution in [-0.2, 0) is 10.0 Å². The minimum absolute atomic E-state index is 0.325. The second-order valence-electron chi connectivity index (χ2n) is 5.99. The Bertz CT molecular complexity index is 578. The molecule has 0 amide bonds. The van der Waals surface area contributed by atoms with Crippen LogP contribution in [0.1, 0.15) is 38.5 Å². The molecule has 116 valence electrons. The summed E-state index contributed by atoms with van der Waals surface area (Å²) in [5, 5.41) is 3.24. The molecule has 0 atom stereocenters. The predicted octanol–water partition coefficient (Wildman–Crippen LogP) is 2.47. The number of aromatic nitrogens is 1. The summed E-state index contributed by atoms with van der Waals surface area (Å²) in [7, 11) is -3.42. The molecule has 2 fully saturated rings. The van der Waals surface area contributed by atoms with E-state index in [0.717, 1.165) is 25.8 Å². The number of rotatable bonds is 5. The summed E-state index contributed by atoms with van der Waals surface area (Å²) in [4.78, 5) is 4.58. The highest BCUT2D eigenvalue weighted by Gasteiger charge is 2.29. The molecule has 6 heteroatoms. The Balaban J connectivity index is 1.79. The van der Waals surface area contributed by atoms with Crippen molar-refractivity contribution in [1.29, 1.82) is 0 Å². The number of hydrogen-bond acceptors (Lipinski definition) is 4. The Kier molecular flexibility index (Phi) is 4.45. The van der Waals surface area contributed by atoms with Gasteiger partial charge in [0.05, 0.1) is 0 Å². The predicted molar refractivity (Wildman–Crippen MR) is 82.7 cm³/mol. The second kappa shape index (κ2) is 6.32. The maximum atomic E-state index is 12.8. The van der Waals surface area contributed by atoms with Crippen molar-refractivity contribution in [3.63, 3.8) is 0 Å². The highest BCUT2D eigenvalue weighted by atomic mass is 32.2. The van der Waals surface area contributed by atoms with Crippen LogP contribution < -0.4 is 5.32 Å². The maximum absolute atomic E-state index is 12.8. The average molecular weight is 309 g/mol. The Morgan fingerprint density at radius 3 is 2.62 bits per heavy atom. The van der Waals surface area contributed by atoms with E-state index in [1.807, 2.05) is 0 Å². The van der Waals surface area contributed by atoms with Gasteiger partial charge in [0, 0.05) is 25.8 Å². The van der Waals surface area contributed by atoms with Crippen molar-refractivity contribution < 1.29 is 8.42 Å². The first-order valence-electron chi connectivity index (χ1n) is 7.87. The molecule has 5 nitrogen and oxygen atoms in total. The van der Waals surface area contributed by atoms with Crippen LogP contribution in [0, 0.1) is 5.92 Å². The second-order valence-corrected chi connectivity index (χ2v) is 7.90. The van der Waals surface area contributed by atoms with Gasteiger partial charge in [-0.1, -0.05) is 12.8 Å². The van der Waals surface area contributed by atoms with E-state index in [1.165, 1.54) is 19.3 Å². The molecule has 0 bridgehead atoms. The summed E-state index contributed by atoms with van der Waals surface area (Å²) >= 11 is 0. The summed E-state index contributed by atoms with van der Waals surface area (Å²) in [6.07, 6.45) is 8.41. The van der Waals surface area contributed by atoms with Gasteiger partial charge in [-0.05, 0) is 43.7 Å². The Morgan fingerprint density at radius 1 is 1.19 bits per heavy atom. The van der Waals surface area contributed by atoms with Crippen LogP contribution in [-0.4, -0.2) is 37.3 Å². The molecule has 0 spiro atoms. The molecular formula is C15H23N3O2S. The van der Waals surface area contributed by atoms with Crippen molar-refractivity contribution in [1.82, 2.24) is 9.29 Å². The molecule has 0 unspecified atom stereocenters. The van der Waals surface area contributed by atoms with Crippen molar-refractivity contribution in [2.75, 3.05) is 25.0 Å². The fourth-order valence-corrected chi connectivity index (χ4v) is 4.55. The molecule has 1 aromatic rings. The first kappa shape index (κ1) is 14.8. The fraction of sp³-hybridized carbons (Fsp3) is 0.667. The molecule has 1 saturated heterocycles. The maximum Gasteiger partial charge on any atom is 0.246 e. The SMILES string of the molecule is O=S(=O)(c1cccnc1NCC1CCC1)N1CCCCC1. The van der Waals surface area contributed by atoms with Crippen LogP contribution in [0.25, 0.3) is 0 Å². The van der Waals surface area contributed by atoms with Crippen LogP contribution in [0.2, 0.25) is 0 Å². The first-order valence-corrected chi connectivity index (χ1v) is 9.31. The molecule has 2 heterocycles. The molecule has 1 saturated carbocycles. The largest absolute Gasteiger partial charge is 0.369 e. The lowest BCUT2D eigenvalue weighted by Gasteiger charge is -2.28. The van der Waals surface area contributed by atoms with Gasteiger partial charge in [0.15, 0.2) is 0 Å². The van der Waals surface area contributed by atoms with E-state index in [9.17, 15) is 8.42 Å². The molecule has 3 rings (SSSR count). The summed E-state index contributed by atoms with van der Waals surface area (Å²) in [5.74, 6) is 1.17. The zero-order chi connectivity index (χ0) is 14.7. The van der Waals surface area contributed by atoms with Crippen molar-refractivity contribution >= 4 is 15.8 Å². The average Bonchev–Trinajstić information content (AvgIpc) is 2.47. The van der Waals surface area contributed by atoms with Gasteiger partial charge < -0.3 is 5.32 Å². The minimum atomic E-state index is -3.42. The Labute approximate surface area is 126 Å². The lowest BCUT2D eigenvalue weighted by Crippen LogP contribution is -2.36. The zero-order valence-corrected chi connectivity index (χ0v) is 13.1. The highest BCUT2D eigenvalue weighted by Crippen LogP contribution is 2.29. The molecule has 2 aliphatic rings. The lowest BCUT2D eigenvalue weighted by molar-refractivity contribution is 0.332. The molecule has 21 heavy (non-hydrogen) atoms. The van der Waals surface area contributed by atoms with E-state index in [1.54, 1.807) is 22.6 Å². The molecule has 0 radical (unpaired) electrons. The topological polar surface area (TPSA) is 62.3 Å². The Hall–Kier alpha value is -1.14. The normalized spacial score (nSPS) is 21.0. The van der Waals surface area contributed by atoms with E-state index < -0.39 is 10.0 Å². The van der Waals surface area contributed by atoms with Gasteiger partial charge in [0.1, 0.15) is 10.7 Å².